The fraction of sp³-hybridized carbons (Fsp3) is 0.533. The van der Waals surface area contributed by atoms with Crippen LogP contribution in [0.4, 0.5) is 0 Å². The number of hydrogen-bond acceptors (Lipinski definition) is 5. The standard InChI is InChI=1S/C30H38N4O4/c1-5-18(2)26-28(35)32-25(23-16-21-8-6-7-9-22(21)17-23)29(36)34(26)27(24-11-10-19(3)31-20(24)4)30(37)33-12-14-38-15-13-33/h6-11,18,23,25-27H,5,12-17H2,1-4H3,(H,32,35)/t18?,25-,26?,27-/m1/s1. The van der Waals surface area contributed by atoms with E-state index in [0.29, 0.717) is 44.0 Å². The largest absolute Gasteiger partial charge is 0.378 e. The van der Waals surface area contributed by atoms with Crippen LogP contribution in [0.3, 0.4) is 0 Å². The molecule has 8 nitrogen and oxygen atoms in total. The number of aromatic nitrogens is 1. The van der Waals surface area contributed by atoms with Crippen molar-refractivity contribution in [2.24, 2.45) is 11.8 Å². The number of piperazine rings is 1. The minimum atomic E-state index is -0.926. The van der Waals surface area contributed by atoms with Crippen molar-refractivity contribution in [2.45, 2.75) is 65.1 Å². The molecule has 3 heterocycles. The fourth-order valence-corrected chi connectivity index (χ4v) is 6.26. The second-order valence-electron chi connectivity index (χ2n) is 11.0. The van der Waals surface area contributed by atoms with Crippen molar-refractivity contribution < 1.29 is 19.1 Å². The number of carbonyl (C=O) groups excluding carboxylic acids is 3. The van der Waals surface area contributed by atoms with Gasteiger partial charge in [0.05, 0.1) is 13.2 Å². The number of benzene rings is 1. The molecule has 3 aliphatic rings. The van der Waals surface area contributed by atoms with Gasteiger partial charge >= 0.3 is 0 Å². The van der Waals surface area contributed by atoms with Crippen LogP contribution in [-0.2, 0) is 32.0 Å². The average molecular weight is 519 g/mol. The molecule has 4 atom stereocenters. The number of amides is 3. The number of carbonyl (C=O) groups is 3. The van der Waals surface area contributed by atoms with Crippen molar-refractivity contribution >= 4 is 17.7 Å². The zero-order valence-electron chi connectivity index (χ0n) is 22.8. The van der Waals surface area contributed by atoms with E-state index in [9.17, 15) is 14.4 Å². The van der Waals surface area contributed by atoms with Crippen LogP contribution in [0.1, 0.15) is 54.4 Å². The molecule has 202 valence electrons. The molecule has 1 N–H and O–H groups in total. The minimum absolute atomic E-state index is 0.0550. The summed E-state index contributed by atoms with van der Waals surface area (Å²) in [4.78, 5) is 50.6. The predicted molar refractivity (Wildman–Crippen MR) is 143 cm³/mol. The summed E-state index contributed by atoms with van der Waals surface area (Å²) in [7, 11) is 0. The maximum Gasteiger partial charge on any atom is 0.250 e. The third-order valence-electron chi connectivity index (χ3n) is 8.52. The van der Waals surface area contributed by atoms with Gasteiger partial charge in [0.2, 0.25) is 17.7 Å². The van der Waals surface area contributed by atoms with Gasteiger partial charge in [-0.3, -0.25) is 19.4 Å². The third kappa shape index (κ3) is 4.82. The Labute approximate surface area is 224 Å². The van der Waals surface area contributed by atoms with E-state index in [0.717, 1.165) is 18.5 Å². The number of fused-ring (bicyclic) bond motifs is 1. The van der Waals surface area contributed by atoms with Crippen molar-refractivity contribution in [1.82, 2.24) is 20.1 Å². The Morgan fingerprint density at radius 3 is 2.34 bits per heavy atom. The molecule has 0 spiro atoms. The highest BCUT2D eigenvalue weighted by Crippen LogP contribution is 2.37. The monoisotopic (exact) mass is 518 g/mol. The smallest absolute Gasteiger partial charge is 0.250 e. The van der Waals surface area contributed by atoms with Crippen LogP contribution >= 0.6 is 0 Å². The molecule has 0 radical (unpaired) electrons. The van der Waals surface area contributed by atoms with Crippen LogP contribution in [-0.4, -0.2) is 70.9 Å². The van der Waals surface area contributed by atoms with Gasteiger partial charge in [-0.2, -0.15) is 0 Å². The first kappa shape index (κ1) is 26.4. The Hall–Kier alpha value is -3.26. The Morgan fingerprint density at radius 1 is 1.08 bits per heavy atom. The van der Waals surface area contributed by atoms with Gasteiger partial charge in [-0.15, -0.1) is 0 Å². The Morgan fingerprint density at radius 2 is 1.74 bits per heavy atom. The lowest BCUT2D eigenvalue weighted by Gasteiger charge is -2.47. The van der Waals surface area contributed by atoms with Gasteiger partial charge in [0.1, 0.15) is 18.1 Å². The van der Waals surface area contributed by atoms with Crippen molar-refractivity contribution in [3.05, 3.63) is 64.5 Å². The van der Waals surface area contributed by atoms with Crippen molar-refractivity contribution in [1.29, 1.82) is 0 Å². The summed E-state index contributed by atoms with van der Waals surface area (Å²) in [5.41, 5.74) is 4.65. The lowest BCUT2D eigenvalue weighted by atomic mass is 9.85. The Bertz CT molecular complexity index is 1200. The lowest BCUT2D eigenvalue weighted by molar-refractivity contribution is -0.163. The highest BCUT2D eigenvalue weighted by atomic mass is 16.5. The van der Waals surface area contributed by atoms with Crippen LogP contribution in [0.15, 0.2) is 36.4 Å². The number of hydrogen-bond donors (Lipinski definition) is 1. The number of morpholine rings is 1. The number of rotatable bonds is 6. The van der Waals surface area contributed by atoms with Gasteiger partial charge in [0, 0.05) is 30.0 Å². The zero-order chi connectivity index (χ0) is 27.0. The van der Waals surface area contributed by atoms with E-state index >= 15 is 0 Å². The summed E-state index contributed by atoms with van der Waals surface area (Å²) in [5.74, 6) is -0.719. The number of nitrogens with one attached hydrogen (secondary N) is 1. The van der Waals surface area contributed by atoms with Crippen LogP contribution in [0, 0.1) is 25.7 Å². The van der Waals surface area contributed by atoms with E-state index in [-0.39, 0.29) is 29.6 Å². The maximum atomic E-state index is 14.5. The second kappa shape index (κ2) is 10.8. The number of pyridine rings is 1. The van der Waals surface area contributed by atoms with Gasteiger partial charge in [-0.25, -0.2) is 0 Å². The van der Waals surface area contributed by atoms with E-state index < -0.39 is 18.1 Å². The summed E-state index contributed by atoms with van der Waals surface area (Å²) in [6.45, 7) is 9.59. The third-order valence-corrected chi connectivity index (χ3v) is 8.52. The zero-order valence-corrected chi connectivity index (χ0v) is 22.8. The molecular weight excluding hydrogens is 480 g/mol. The summed E-state index contributed by atoms with van der Waals surface area (Å²) >= 11 is 0. The number of aryl methyl sites for hydroxylation is 2. The van der Waals surface area contributed by atoms with E-state index in [1.54, 1.807) is 9.80 Å². The molecule has 1 aromatic heterocycles. The number of nitrogens with zero attached hydrogens (tertiary/aromatic N) is 3. The first-order valence-corrected chi connectivity index (χ1v) is 13.8. The van der Waals surface area contributed by atoms with Crippen molar-refractivity contribution in [3.63, 3.8) is 0 Å². The highest BCUT2D eigenvalue weighted by Gasteiger charge is 2.51. The van der Waals surface area contributed by atoms with Crippen LogP contribution in [0.2, 0.25) is 0 Å². The molecular formula is C30H38N4O4. The molecule has 38 heavy (non-hydrogen) atoms. The van der Waals surface area contributed by atoms with Gasteiger partial charge in [-0.1, -0.05) is 50.6 Å². The van der Waals surface area contributed by atoms with Crippen LogP contribution in [0.25, 0.3) is 0 Å². The highest BCUT2D eigenvalue weighted by molar-refractivity contribution is 6.00. The summed E-state index contributed by atoms with van der Waals surface area (Å²) in [6.07, 6.45) is 2.15. The molecule has 2 unspecified atom stereocenters. The Balaban J connectivity index is 1.58. The molecule has 2 saturated heterocycles. The first-order chi connectivity index (χ1) is 18.3. The van der Waals surface area contributed by atoms with Gasteiger partial charge in [-0.05, 0) is 55.7 Å². The minimum Gasteiger partial charge on any atom is -0.378 e. The van der Waals surface area contributed by atoms with E-state index in [2.05, 4.69) is 22.4 Å². The van der Waals surface area contributed by atoms with Crippen molar-refractivity contribution in [3.8, 4) is 0 Å². The molecule has 8 heteroatoms. The Kier molecular flexibility index (Phi) is 7.52. The molecule has 3 amide bonds. The van der Waals surface area contributed by atoms with Crippen molar-refractivity contribution in [2.75, 3.05) is 26.3 Å². The van der Waals surface area contributed by atoms with Crippen LogP contribution in [0.5, 0.6) is 0 Å². The first-order valence-electron chi connectivity index (χ1n) is 13.8. The summed E-state index contributed by atoms with van der Waals surface area (Å²) in [5, 5.41) is 3.10. The average Bonchev–Trinajstić information content (AvgIpc) is 3.35. The lowest BCUT2D eigenvalue weighted by Crippen LogP contribution is -2.68. The molecule has 1 aromatic carbocycles. The van der Waals surface area contributed by atoms with E-state index in [4.69, 9.17) is 4.74 Å². The molecule has 5 rings (SSSR count). The van der Waals surface area contributed by atoms with Crippen LogP contribution < -0.4 is 5.32 Å². The normalized spacial score (nSPS) is 23.7. The summed E-state index contributed by atoms with van der Waals surface area (Å²) < 4.78 is 5.50. The molecule has 2 fully saturated rings. The van der Waals surface area contributed by atoms with Gasteiger partial charge in [0.15, 0.2) is 0 Å². The topological polar surface area (TPSA) is 91.8 Å². The van der Waals surface area contributed by atoms with E-state index in [1.165, 1.54) is 11.1 Å². The quantitative estimate of drug-likeness (QED) is 0.635. The van der Waals surface area contributed by atoms with Gasteiger partial charge in [0.25, 0.3) is 0 Å². The maximum absolute atomic E-state index is 14.5. The molecule has 0 bridgehead atoms. The fourth-order valence-electron chi connectivity index (χ4n) is 6.26. The molecule has 2 aromatic rings. The SMILES string of the molecule is CCC(C)C1C(=O)N[C@H](C2Cc3ccccc3C2)C(=O)N1[C@@H](C(=O)N1CCOCC1)c1ccc(C)nc1C. The molecule has 2 aliphatic heterocycles. The molecule has 0 saturated carbocycles. The van der Waals surface area contributed by atoms with Gasteiger partial charge < -0.3 is 19.9 Å². The molecule has 1 aliphatic carbocycles. The number of ether oxygens (including phenoxy) is 1. The van der Waals surface area contributed by atoms with E-state index in [1.807, 2.05) is 52.0 Å². The summed E-state index contributed by atoms with van der Waals surface area (Å²) in [6, 6.07) is 9.62. The second-order valence-corrected chi connectivity index (χ2v) is 11.0. The predicted octanol–water partition coefficient (Wildman–Crippen LogP) is 2.76.